The number of amides is 1. The number of methoxy groups -OCH3 is 1. The van der Waals surface area contributed by atoms with Crippen molar-refractivity contribution in [2.24, 2.45) is 0 Å². The summed E-state index contributed by atoms with van der Waals surface area (Å²) in [6.45, 7) is 6.70. The molecule has 0 spiro atoms. The summed E-state index contributed by atoms with van der Waals surface area (Å²) in [6.07, 6.45) is 1.10. The van der Waals surface area contributed by atoms with Gasteiger partial charge >= 0.3 is 0 Å². The zero-order chi connectivity index (χ0) is 13.1. The smallest absolute Gasteiger partial charge is 0.234 e. The van der Waals surface area contributed by atoms with E-state index in [0.717, 1.165) is 32.6 Å². The topological polar surface area (TPSA) is 62.8 Å². The first-order chi connectivity index (χ1) is 8.83. The molecule has 1 aliphatic heterocycles. The van der Waals surface area contributed by atoms with Crippen LogP contribution in [-0.4, -0.2) is 77.0 Å². The van der Waals surface area contributed by atoms with Crippen LogP contribution in [0.3, 0.4) is 0 Å². The van der Waals surface area contributed by atoms with E-state index in [9.17, 15) is 4.79 Å². The van der Waals surface area contributed by atoms with Crippen LogP contribution in [0.15, 0.2) is 0 Å². The van der Waals surface area contributed by atoms with E-state index in [4.69, 9.17) is 9.47 Å². The number of nitrogens with one attached hydrogen (secondary N) is 2. The summed E-state index contributed by atoms with van der Waals surface area (Å²) in [5.41, 5.74) is 0. The van der Waals surface area contributed by atoms with Crippen LogP contribution in [0.2, 0.25) is 0 Å². The van der Waals surface area contributed by atoms with E-state index in [1.165, 1.54) is 0 Å². The molecule has 2 N–H and O–H groups in total. The van der Waals surface area contributed by atoms with Crippen LogP contribution in [0.4, 0.5) is 0 Å². The minimum Gasteiger partial charge on any atom is -0.382 e. The highest BCUT2D eigenvalue weighted by Gasteiger charge is 2.11. The Morgan fingerprint density at radius 1 is 1.28 bits per heavy atom. The van der Waals surface area contributed by atoms with Gasteiger partial charge in [-0.15, -0.1) is 0 Å². The van der Waals surface area contributed by atoms with Crippen LogP contribution in [-0.2, 0) is 14.3 Å². The molecular formula is C12H25N3O3. The molecule has 0 saturated carbocycles. The Morgan fingerprint density at radius 3 is 3.00 bits per heavy atom. The predicted octanol–water partition coefficient (Wildman–Crippen LogP) is -0.939. The third-order valence-corrected chi connectivity index (χ3v) is 2.80. The second kappa shape index (κ2) is 10.3. The number of nitrogens with zero attached hydrogens (tertiary/aromatic N) is 1. The average molecular weight is 259 g/mol. The number of rotatable bonds is 8. The monoisotopic (exact) mass is 259 g/mol. The van der Waals surface area contributed by atoms with Crippen molar-refractivity contribution >= 4 is 5.91 Å². The fraction of sp³-hybridized carbons (Fsp3) is 0.917. The van der Waals surface area contributed by atoms with Gasteiger partial charge in [0.2, 0.25) is 5.91 Å². The van der Waals surface area contributed by atoms with Gasteiger partial charge < -0.3 is 20.1 Å². The van der Waals surface area contributed by atoms with Crippen molar-refractivity contribution in [2.75, 3.05) is 66.2 Å². The van der Waals surface area contributed by atoms with Gasteiger partial charge in [0.25, 0.3) is 0 Å². The lowest BCUT2D eigenvalue weighted by Crippen LogP contribution is -2.40. The molecule has 1 saturated heterocycles. The average Bonchev–Trinajstić information content (AvgIpc) is 2.62. The van der Waals surface area contributed by atoms with E-state index < -0.39 is 0 Å². The van der Waals surface area contributed by atoms with Crippen molar-refractivity contribution in [3.63, 3.8) is 0 Å². The Hall–Kier alpha value is -0.690. The second-order valence-electron chi connectivity index (χ2n) is 4.33. The van der Waals surface area contributed by atoms with Crippen LogP contribution >= 0.6 is 0 Å². The molecule has 0 aliphatic carbocycles. The quantitative estimate of drug-likeness (QED) is 0.551. The summed E-state index contributed by atoms with van der Waals surface area (Å²) in [5.74, 6) is 0.0761. The standard InChI is InChI=1S/C12H25N3O3/c1-17-9-10-18-8-5-14-12(16)11-15-6-2-3-13-4-7-15/h13H,2-11H2,1H3,(H,14,16). The summed E-state index contributed by atoms with van der Waals surface area (Å²) in [7, 11) is 1.64. The normalized spacial score (nSPS) is 17.4. The third-order valence-electron chi connectivity index (χ3n) is 2.80. The first-order valence-corrected chi connectivity index (χ1v) is 6.59. The number of hydrogen-bond donors (Lipinski definition) is 2. The molecule has 0 bridgehead atoms. The maximum atomic E-state index is 11.7. The van der Waals surface area contributed by atoms with Crippen molar-refractivity contribution in [2.45, 2.75) is 6.42 Å². The van der Waals surface area contributed by atoms with Gasteiger partial charge in [-0.05, 0) is 19.5 Å². The lowest BCUT2D eigenvalue weighted by molar-refractivity contribution is -0.122. The highest BCUT2D eigenvalue weighted by atomic mass is 16.5. The van der Waals surface area contributed by atoms with Crippen molar-refractivity contribution in [3.8, 4) is 0 Å². The largest absolute Gasteiger partial charge is 0.382 e. The molecule has 1 aliphatic rings. The van der Waals surface area contributed by atoms with Gasteiger partial charge in [0.05, 0.1) is 26.4 Å². The molecule has 0 unspecified atom stereocenters. The van der Waals surface area contributed by atoms with E-state index in [1.54, 1.807) is 7.11 Å². The molecule has 0 atom stereocenters. The Kier molecular flexibility index (Phi) is 8.75. The summed E-state index contributed by atoms with van der Waals surface area (Å²) in [5, 5.41) is 6.18. The van der Waals surface area contributed by atoms with Gasteiger partial charge in [0.15, 0.2) is 0 Å². The van der Waals surface area contributed by atoms with Gasteiger partial charge in [-0.1, -0.05) is 0 Å². The van der Waals surface area contributed by atoms with E-state index in [-0.39, 0.29) is 5.91 Å². The van der Waals surface area contributed by atoms with E-state index in [1.807, 2.05) is 0 Å². The van der Waals surface area contributed by atoms with Crippen molar-refractivity contribution in [3.05, 3.63) is 0 Å². The molecule has 0 radical (unpaired) electrons. The lowest BCUT2D eigenvalue weighted by atomic mass is 10.4. The maximum absolute atomic E-state index is 11.7. The van der Waals surface area contributed by atoms with Gasteiger partial charge in [-0.3, -0.25) is 9.69 Å². The summed E-state index contributed by atoms with van der Waals surface area (Å²) in [6, 6.07) is 0. The first kappa shape index (κ1) is 15.4. The molecule has 0 aromatic heterocycles. The number of hydrogen-bond acceptors (Lipinski definition) is 5. The van der Waals surface area contributed by atoms with Crippen molar-refractivity contribution in [1.29, 1.82) is 0 Å². The van der Waals surface area contributed by atoms with Gasteiger partial charge in [0, 0.05) is 26.7 Å². The minimum atomic E-state index is 0.0761. The van der Waals surface area contributed by atoms with Gasteiger partial charge in [0.1, 0.15) is 0 Å². The van der Waals surface area contributed by atoms with Gasteiger partial charge in [-0.25, -0.2) is 0 Å². The Bertz CT molecular complexity index is 219. The zero-order valence-corrected chi connectivity index (χ0v) is 11.2. The molecule has 18 heavy (non-hydrogen) atoms. The summed E-state index contributed by atoms with van der Waals surface area (Å²) in [4.78, 5) is 13.8. The van der Waals surface area contributed by atoms with Gasteiger partial charge in [-0.2, -0.15) is 0 Å². The highest BCUT2D eigenvalue weighted by Crippen LogP contribution is 1.94. The molecule has 0 aromatic carbocycles. The molecular weight excluding hydrogens is 234 g/mol. The van der Waals surface area contributed by atoms with Crippen molar-refractivity contribution < 1.29 is 14.3 Å². The second-order valence-corrected chi connectivity index (χ2v) is 4.33. The molecule has 1 fully saturated rings. The Morgan fingerprint density at radius 2 is 2.17 bits per heavy atom. The summed E-state index contributed by atoms with van der Waals surface area (Å²) >= 11 is 0. The van der Waals surface area contributed by atoms with Crippen LogP contribution < -0.4 is 10.6 Å². The zero-order valence-electron chi connectivity index (χ0n) is 11.2. The number of ether oxygens (including phenoxy) is 2. The fourth-order valence-electron chi connectivity index (χ4n) is 1.83. The minimum absolute atomic E-state index is 0.0761. The molecule has 6 heteroatoms. The first-order valence-electron chi connectivity index (χ1n) is 6.59. The van der Waals surface area contributed by atoms with Crippen LogP contribution in [0.25, 0.3) is 0 Å². The SMILES string of the molecule is COCCOCCNC(=O)CN1CCCNCC1. The maximum Gasteiger partial charge on any atom is 0.234 e. The predicted molar refractivity (Wildman–Crippen MR) is 69.6 cm³/mol. The van der Waals surface area contributed by atoms with Crippen molar-refractivity contribution in [1.82, 2.24) is 15.5 Å². The van der Waals surface area contributed by atoms with Crippen LogP contribution in [0, 0.1) is 0 Å². The Labute approximate surface area is 109 Å². The molecule has 1 amide bonds. The molecule has 1 rings (SSSR count). The summed E-state index contributed by atoms with van der Waals surface area (Å²) < 4.78 is 10.1. The molecule has 0 aromatic rings. The molecule has 6 nitrogen and oxygen atoms in total. The van der Waals surface area contributed by atoms with Crippen LogP contribution in [0.5, 0.6) is 0 Å². The Balaban J connectivity index is 1.98. The molecule has 1 heterocycles. The number of carbonyl (C=O) groups is 1. The van der Waals surface area contributed by atoms with E-state index >= 15 is 0 Å². The van der Waals surface area contributed by atoms with E-state index in [0.29, 0.717) is 32.9 Å². The lowest BCUT2D eigenvalue weighted by Gasteiger charge is -2.18. The van der Waals surface area contributed by atoms with Crippen LogP contribution in [0.1, 0.15) is 6.42 Å². The molecule has 106 valence electrons. The number of carbonyl (C=O) groups excluding carboxylic acids is 1. The highest BCUT2D eigenvalue weighted by molar-refractivity contribution is 5.77. The fourth-order valence-corrected chi connectivity index (χ4v) is 1.83. The van der Waals surface area contributed by atoms with E-state index in [2.05, 4.69) is 15.5 Å². The third kappa shape index (κ3) is 7.60.